The highest BCUT2D eigenvalue weighted by Gasteiger charge is 2.20. The zero-order valence-electron chi connectivity index (χ0n) is 20.1. The SMILES string of the molecule is Cc1ccc(N(c2cc3ccccc3c3ccccc23)c2cc3ccccc3c3ccccc23)cc1. The van der Waals surface area contributed by atoms with Gasteiger partial charge in [0.2, 0.25) is 0 Å². The van der Waals surface area contributed by atoms with Crippen LogP contribution < -0.4 is 4.90 Å². The Bertz CT molecular complexity index is 1780. The van der Waals surface area contributed by atoms with Crippen molar-refractivity contribution in [3.05, 3.63) is 139 Å². The number of hydrogen-bond acceptors (Lipinski definition) is 1. The Balaban J connectivity index is 1.64. The Kier molecular flexibility index (Phi) is 4.75. The van der Waals surface area contributed by atoms with Gasteiger partial charge >= 0.3 is 0 Å². The molecule has 7 aromatic carbocycles. The predicted octanol–water partition coefficient (Wildman–Crippen LogP) is 10.1. The highest BCUT2D eigenvalue weighted by molar-refractivity contribution is 6.18. The number of rotatable bonds is 3. The molecule has 1 nitrogen and oxygen atoms in total. The van der Waals surface area contributed by atoms with Crippen molar-refractivity contribution in [1.82, 2.24) is 0 Å². The summed E-state index contributed by atoms with van der Waals surface area (Å²) in [5.74, 6) is 0. The van der Waals surface area contributed by atoms with Crippen molar-refractivity contribution in [1.29, 1.82) is 0 Å². The lowest BCUT2D eigenvalue weighted by molar-refractivity contribution is 1.31. The first kappa shape index (κ1) is 20.7. The monoisotopic (exact) mass is 459 g/mol. The van der Waals surface area contributed by atoms with Gasteiger partial charge in [0.25, 0.3) is 0 Å². The van der Waals surface area contributed by atoms with E-state index < -0.39 is 0 Å². The number of hydrogen-bond donors (Lipinski definition) is 0. The summed E-state index contributed by atoms with van der Waals surface area (Å²) in [6, 6.07) is 48.5. The van der Waals surface area contributed by atoms with E-state index in [1.54, 1.807) is 0 Å². The van der Waals surface area contributed by atoms with Crippen molar-refractivity contribution in [3.8, 4) is 0 Å². The van der Waals surface area contributed by atoms with E-state index in [0.717, 1.165) is 5.69 Å². The summed E-state index contributed by atoms with van der Waals surface area (Å²) in [6.07, 6.45) is 0. The molecule has 7 rings (SSSR count). The first-order valence-electron chi connectivity index (χ1n) is 12.5. The van der Waals surface area contributed by atoms with Crippen LogP contribution in [0.4, 0.5) is 17.1 Å². The molecule has 0 bridgehead atoms. The average Bonchev–Trinajstić information content (AvgIpc) is 2.94. The smallest absolute Gasteiger partial charge is 0.0546 e. The normalized spacial score (nSPS) is 11.5. The zero-order valence-corrected chi connectivity index (χ0v) is 20.1. The molecule has 0 N–H and O–H groups in total. The van der Waals surface area contributed by atoms with Crippen molar-refractivity contribution in [3.63, 3.8) is 0 Å². The molecule has 0 fully saturated rings. The molecule has 170 valence electrons. The fourth-order valence-corrected chi connectivity index (χ4v) is 5.54. The van der Waals surface area contributed by atoms with Gasteiger partial charge in [-0.1, -0.05) is 115 Å². The molecule has 0 aliphatic heterocycles. The molecule has 36 heavy (non-hydrogen) atoms. The van der Waals surface area contributed by atoms with E-state index in [1.807, 2.05) is 0 Å². The number of anilines is 3. The molecular formula is C35H25N. The van der Waals surface area contributed by atoms with E-state index in [9.17, 15) is 0 Å². The van der Waals surface area contributed by atoms with Crippen LogP contribution in [0.5, 0.6) is 0 Å². The molecular weight excluding hydrogens is 434 g/mol. The first-order chi connectivity index (χ1) is 17.8. The van der Waals surface area contributed by atoms with Gasteiger partial charge in [-0.2, -0.15) is 0 Å². The lowest BCUT2D eigenvalue weighted by Gasteiger charge is -2.29. The van der Waals surface area contributed by atoms with Gasteiger partial charge < -0.3 is 4.90 Å². The standard InChI is InChI=1S/C35H25N/c1-24-18-20-27(21-19-24)36(34-22-25-10-2-4-12-28(25)30-14-6-8-16-32(30)34)35-23-26-11-3-5-13-29(26)31-15-7-9-17-33(31)35/h2-23H,1H3. The molecule has 0 unspecified atom stereocenters. The second-order valence-electron chi connectivity index (χ2n) is 9.50. The van der Waals surface area contributed by atoms with E-state index in [0.29, 0.717) is 0 Å². The van der Waals surface area contributed by atoms with E-state index in [2.05, 4.69) is 145 Å². The summed E-state index contributed by atoms with van der Waals surface area (Å²) >= 11 is 0. The molecule has 0 radical (unpaired) electrons. The van der Waals surface area contributed by atoms with E-state index in [4.69, 9.17) is 0 Å². The Hall–Kier alpha value is -4.62. The summed E-state index contributed by atoms with van der Waals surface area (Å²) in [4.78, 5) is 2.45. The van der Waals surface area contributed by atoms with E-state index in [-0.39, 0.29) is 0 Å². The largest absolute Gasteiger partial charge is 0.309 e. The van der Waals surface area contributed by atoms with E-state index >= 15 is 0 Å². The summed E-state index contributed by atoms with van der Waals surface area (Å²) in [5, 5.41) is 10.1. The average molecular weight is 460 g/mol. The van der Waals surface area contributed by atoms with Gasteiger partial charge in [-0.25, -0.2) is 0 Å². The fourth-order valence-electron chi connectivity index (χ4n) is 5.54. The van der Waals surface area contributed by atoms with Crippen molar-refractivity contribution in [2.75, 3.05) is 4.90 Å². The van der Waals surface area contributed by atoms with Crippen LogP contribution >= 0.6 is 0 Å². The number of fused-ring (bicyclic) bond motifs is 6. The molecule has 7 aromatic rings. The van der Waals surface area contributed by atoms with Crippen LogP contribution in [0.15, 0.2) is 133 Å². The molecule has 1 heteroatoms. The highest BCUT2D eigenvalue weighted by Crippen LogP contribution is 2.45. The molecule has 0 spiro atoms. The molecule has 0 aliphatic rings. The molecule has 0 aromatic heterocycles. The lowest BCUT2D eigenvalue weighted by Crippen LogP contribution is -2.11. The molecule has 0 atom stereocenters. The van der Waals surface area contributed by atoms with E-state index in [1.165, 1.54) is 60.0 Å². The first-order valence-corrected chi connectivity index (χ1v) is 12.5. The molecule has 0 amide bonds. The van der Waals surface area contributed by atoms with Crippen molar-refractivity contribution >= 4 is 60.2 Å². The summed E-state index contributed by atoms with van der Waals surface area (Å²) in [6.45, 7) is 2.14. The minimum Gasteiger partial charge on any atom is -0.309 e. The summed E-state index contributed by atoms with van der Waals surface area (Å²) in [5.41, 5.74) is 4.79. The van der Waals surface area contributed by atoms with Gasteiger partial charge in [-0.15, -0.1) is 0 Å². The lowest BCUT2D eigenvalue weighted by atomic mass is 9.96. The maximum absolute atomic E-state index is 2.45. The van der Waals surface area contributed by atoms with Crippen LogP contribution in [-0.4, -0.2) is 0 Å². The molecule has 0 heterocycles. The zero-order chi connectivity index (χ0) is 24.1. The van der Waals surface area contributed by atoms with Crippen LogP contribution in [0.2, 0.25) is 0 Å². The number of nitrogens with zero attached hydrogens (tertiary/aromatic N) is 1. The number of benzene rings is 7. The van der Waals surface area contributed by atoms with Crippen LogP contribution in [-0.2, 0) is 0 Å². The number of aryl methyl sites for hydroxylation is 1. The van der Waals surface area contributed by atoms with Gasteiger partial charge in [0.1, 0.15) is 0 Å². The fraction of sp³-hybridized carbons (Fsp3) is 0.0286. The maximum Gasteiger partial charge on any atom is 0.0546 e. The minimum absolute atomic E-state index is 1.15. The van der Waals surface area contributed by atoms with Crippen molar-refractivity contribution in [2.45, 2.75) is 6.92 Å². The third-order valence-electron chi connectivity index (χ3n) is 7.27. The third kappa shape index (κ3) is 3.25. The van der Waals surface area contributed by atoms with Crippen LogP contribution in [0.25, 0.3) is 43.1 Å². The van der Waals surface area contributed by atoms with Crippen LogP contribution in [0, 0.1) is 6.92 Å². The minimum atomic E-state index is 1.15. The third-order valence-corrected chi connectivity index (χ3v) is 7.27. The second-order valence-corrected chi connectivity index (χ2v) is 9.50. The quantitative estimate of drug-likeness (QED) is 0.238. The second kappa shape index (κ2) is 8.25. The molecule has 0 saturated carbocycles. The summed E-state index contributed by atoms with van der Waals surface area (Å²) in [7, 11) is 0. The van der Waals surface area contributed by atoms with Gasteiger partial charge in [0, 0.05) is 16.5 Å². The van der Waals surface area contributed by atoms with Gasteiger partial charge in [-0.05, 0) is 63.5 Å². The van der Waals surface area contributed by atoms with Gasteiger partial charge in [0.15, 0.2) is 0 Å². The maximum atomic E-state index is 2.45. The topological polar surface area (TPSA) is 3.24 Å². The van der Waals surface area contributed by atoms with Gasteiger partial charge in [0.05, 0.1) is 11.4 Å². The Labute approximate surface area is 210 Å². The van der Waals surface area contributed by atoms with Crippen molar-refractivity contribution in [2.24, 2.45) is 0 Å². The Morgan fingerprint density at radius 2 is 0.778 bits per heavy atom. The Morgan fingerprint density at radius 1 is 0.389 bits per heavy atom. The summed E-state index contributed by atoms with van der Waals surface area (Å²) < 4.78 is 0. The van der Waals surface area contributed by atoms with Crippen LogP contribution in [0.3, 0.4) is 0 Å². The Morgan fingerprint density at radius 3 is 1.25 bits per heavy atom. The van der Waals surface area contributed by atoms with Crippen molar-refractivity contribution < 1.29 is 0 Å². The van der Waals surface area contributed by atoms with Crippen LogP contribution in [0.1, 0.15) is 5.56 Å². The predicted molar refractivity (Wildman–Crippen MR) is 156 cm³/mol. The van der Waals surface area contributed by atoms with Gasteiger partial charge in [-0.3, -0.25) is 0 Å². The highest BCUT2D eigenvalue weighted by atomic mass is 15.1. The molecule has 0 aliphatic carbocycles. The molecule has 0 saturated heterocycles.